The zero-order valence-electron chi connectivity index (χ0n) is 13.5. The smallest absolute Gasteiger partial charge is 0.226 e. The Morgan fingerprint density at radius 2 is 2.27 bits per heavy atom. The Morgan fingerprint density at radius 3 is 3.00 bits per heavy atom. The number of rotatable bonds is 4. The average Bonchev–Trinajstić information content (AvgIpc) is 3.34. The van der Waals surface area contributed by atoms with Crippen molar-refractivity contribution in [3.8, 4) is 5.75 Å². The van der Waals surface area contributed by atoms with Crippen LogP contribution in [-0.4, -0.2) is 37.0 Å². The molecule has 4 atom stereocenters. The maximum absolute atomic E-state index is 12.9. The van der Waals surface area contributed by atoms with Crippen LogP contribution in [0, 0.1) is 11.8 Å². The first kappa shape index (κ1) is 15.3. The lowest BCUT2D eigenvalue weighted by molar-refractivity contribution is -0.137. The van der Waals surface area contributed by atoms with E-state index < -0.39 is 0 Å². The summed E-state index contributed by atoms with van der Waals surface area (Å²) < 4.78 is 5.28. The Kier molecular flexibility index (Phi) is 4.39. The standard InChI is InChI=1S/C18H26N2O2/c1-12-5-4-8-20(17(12)11-19)18(21)16-10-15(16)13-6-3-7-14(9-13)22-2/h3,6-7,9,12,15-17H,4-5,8,10-11,19H2,1-2H3/t12-,15+,16+,17-/m1/s1. The van der Waals surface area contributed by atoms with E-state index in [4.69, 9.17) is 10.5 Å². The third kappa shape index (κ3) is 2.84. The van der Waals surface area contributed by atoms with E-state index in [0.717, 1.165) is 25.1 Å². The first-order chi connectivity index (χ1) is 10.7. The highest BCUT2D eigenvalue weighted by atomic mass is 16.5. The molecule has 1 saturated carbocycles. The van der Waals surface area contributed by atoms with Crippen LogP contribution in [0.3, 0.4) is 0 Å². The van der Waals surface area contributed by atoms with Crippen LogP contribution in [0.2, 0.25) is 0 Å². The van der Waals surface area contributed by atoms with Crippen LogP contribution < -0.4 is 10.5 Å². The molecule has 1 aliphatic heterocycles. The molecule has 4 nitrogen and oxygen atoms in total. The van der Waals surface area contributed by atoms with Crippen LogP contribution in [0.1, 0.15) is 37.7 Å². The molecule has 22 heavy (non-hydrogen) atoms. The van der Waals surface area contributed by atoms with Crippen molar-refractivity contribution < 1.29 is 9.53 Å². The van der Waals surface area contributed by atoms with Gasteiger partial charge >= 0.3 is 0 Å². The van der Waals surface area contributed by atoms with Crippen LogP contribution in [-0.2, 0) is 4.79 Å². The third-order valence-corrected chi connectivity index (χ3v) is 5.27. The summed E-state index contributed by atoms with van der Waals surface area (Å²) in [7, 11) is 1.68. The summed E-state index contributed by atoms with van der Waals surface area (Å²) in [6.45, 7) is 3.65. The first-order valence-corrected chi connectivity index (χ1v) is 8.30. The molecule has 2 aliphatic rings. The predicted octanol–water partition coefficient (Wildman–Crippen LogP) is 2.38. The van der Waals surface area contributed by atoms with E-state index in [9.17, 15) is 4.79 Å². The van der Waals surface area contributed by atoms with Gasteiger partial charge in [-0.1, -0.05) is 19.1 Å². The van der Waals surface area contributed by atoms with Crippen LogP contribution in [0.4, 0.5) is 0 Å². The number of nitrogens with two attached hydrogens (primary N) is 1. The number of benzene rings is 1. The van der Waals surface area contributed by atoms with Crippen molar-refractivity contribution in [1.29, 1.82) is 0 Å². The Labute approximate surface area is 132 Å². The van der Waals surface area contributed by atoms with E-state index >= 15 is 0 Å². The highest BCUT2D eigenvalue weighted by Crippen LogP contribution is 2.49. The molecule has 1 heterocycles. The Hall–Kier alpha value is -1.55. The van der Waals surface area contributed by atoms with Gasteiger partial charge in [0.1, 0.15) is 5.75 Å². The summed E-state index contributed by atoms with van der Waals surface area (Å²) >= 11 is 0. The normalized spacial score (nSPS) is 31.0. The van der Waals surface area contributed by atoms with Gasteiger partial charge < -0.3 is 15.4 Å². The van der Waals surface area contributed by atoms with E-state index in [1.54, 1.807) is 7.11 Å². The van der Waals surface area contributed by atoms with Crippen LogP contribution in [0.15, 0.2) is 24.3 Å². The minimum absolute atomic E-state index is 0.131. The molecule has 2 fully saturated rings. The number of ether oxygens (including phenoxy) is 1. The van der Waals surface area contributed by atoms with Crippen LogP contribution >= 0.6 is 0 Å². The SMILES string of the molecule is COc1cccc([C@@H]2C[C@@H]2C(=O)N2CCC[C@@H](C)[C@H]2CN)c1. The number of hydrogen-bond acceptors (Lipinski definition) is 3. The minimum atomic E-state index is 0.131. The first-order valence-electron chi connectivity index (χ1n) is 8.30. The molecule has 120 valence electrons. The molecule has 1 saturated heterocycles. The second kappa shape index (κ2) is 6.29. The molecule has 2 N–H and O–H groups in total. The van der Waals surface area contributed by atoms with Gasteiger partial charge in [0.15, 0.2) is 0 Å². The minimum Gasteiger partial charge on any atom is -0.497 e. The summed E-state index contributed by atoms with van der Waals surface area (Å²) in [5, 5.41) is 0. The van der Waals surface area contributed by atoms with Crippen molar-refractivity contribution in [3.63, 3.8) is 0 Å². The van der Waals surface area contributed by atoms with Crippen molar-refractivity contribution in [2.75, 3.05) is 20.2 Å². The van der Waals surface area contributed by atoms with E-state index in [1.165, 1.54) is 12.0 Å². The van der Waals surface area contributed by atoms with E-state index in [0.29, 0.717) is 24.3 Å². The van der Waals surface area contributed by atoms with Crippen molar-refractivity contribution in [3.05, 3.63) is 29.8 Å². The topological polar surface area (TPSA) is 55.6 Å². The lowest BCUT2D eigenvalue weighted by atomic mass is 9.90. The van der Waals surface area contributed by atoms with Gasteiger partial charge in [-0.15, -0.1) is 0 Å². The molecular formula is C18H26N2O2. The number of hydrogen-bond donors (Lipinski definition) is 1. The zero-order chi connectivity index (χ0) is 15.7. The Bertz CT molecular complexity index is 546. The molecule has 1 amide bonds. The fourth-order valence-electron chi connectivity index (χ4n) is 3.80. The van der Waals surface area contributed by atoms with Crippen LogP contribution in [0.5, 0.6) is 5.75 Å². The number of carbonyl (C=O) groups excluding carboxylic acids is 1. The molecule has 1 aromatic rings. The fourth-order valence-corrected chi connectivity index (χ4v) is 3.80. The van der Waals surface area contributed by atoms with E-state index in [-0.39, 0.29) is 12.0 Å². The number of nitrogens with zero attached hydrogens (tertiary/aromatic N) is 1. The monoisotopic (exact) mass is 302 g/mol. The van der Waals surface area contributed by atoms with Crippen molar-refractivity contribution in [1.82, 2.24) is 4.90 Å². The lowest BCUT2D eigenvalue weighted by Crippen LogP contribution is -2.52. The number of carbonyl (C=O) groups is 1. The number of methoxy groups -OCH3 is 1. The van der Waals surface area contributed by atoms with Gasteiger partial charge in [0.05, 0.1) is 7.11 Å². The van der Waals surface area contributed by atoms with Crippen molar-refractivity contribution >= 4 is 5.91 Å². The summed E-state index contributed by atoms with van der Waals surface area (Å²) in [6.07, 6.45) is 3.23. The molecular weight excluding hydrogens is 276 g/mol. The molecule has 0 unspecified atom stereocenters. The van der Waals surface area contributed by atoms with Gasteiger partial charge in [-0.2, -0.15) is 0 Å². The second-order valence-electron chi connectivity index (χ2n) is 6.68. The van der Waals surface area contributed by atoms with Crippen molar-refractivity contribution in [2.45, 2.75) is 38.1 Å². The van der Waals surface area contributed by atoms with E-state index in [2.05, 4.69) is 24.0 Å². The van der Waals surface area contributed by atoms with Crippen LogP contribution in [0.25, 0.3) is 0 Å². The molecule has 0 radical (unpaired) electrons. The maximum atomic E-state index is 12.9. The second-order valence-corrected chi connectivity index (χ2v) is 6.68. The molecule has 1 aliphatic carbocycles. The van der Waals surface area contributed by atoms with Crippen molar-refractivity contribution in [2.24, 2.45) is 17.6 Å². The summed E-state index contributed by atoms with van der Waals surface area (Å²) in [5.74, 6) is 2.15. The fraction of sp³-hybridized carbons (Fsp3) is 0.611. The van der Waals surface area contributed by atoms with Gasteiger partial charge in [0, 0.05) is 25.0 Å². The number of amides is 1. The maximum Gasteiger partial charge on any atom is 0.226 e. The van der Waals surface area contributed by atoms with Gasteiger partial charge in [0.25, 0.3) is 0 Å². The predicted molar refractivity (Wildman–Crippen MR) is 86.8 cm³/mol. The zero-order valence-corrected chi connectivity index (χ0v) is 13.5. The quantitative estimate of drug-likeness (QED) is 0.929. The largest absolute Gasteiger partial charge is 0.497 e. The van der Waals surface area contributed by atoms with Gasteiger partial charge in [-0.3, -0.25) is 4.79 Å². The molecule has 0 bridgehead atoms. The molecule has 4 heteroatoms. The molecule has 1 aromatic carbocycles. The number of likely N-dealkylation sites (tertiary alicyclic amines) is 1. The molecule has 0 spiro atoms. The lowest BCUT2D eigenvalue weighted by Gasteiger charge is -2.39. The molecule has 0 aromatic heterocycles. The Morgan fingerprint density at radius 1 is 1.45 bits per heavy atom. The van der Waals surface area contributed by atoms with E-state index in [1.807, 2.05) is 12.1 Å². The molecule has 3 rings (SSSR count). The average molecular weight is 302 g/mol. The third-order valence-electron chi connectivity index (χ3n) is 5.27. The van der Waals surface area contributed by atoms with Gasteiger partial charge in [-0.25, -0.2) is 0 Å². The van der Waals surface area contributed by atoms with Gasteiger partial charge in [0.2, 0.25) is 5.91 Å². The van der Waals surface area contributed by atoms with Gasteiger partial charge in [-0.05, 0) is 48.8 Å². The number of piperidine rings is 1. The highest BCUT2D eigenvalue weighted by Gasteiger charge is 2.47. The highest BCUT2D eigenvalue weighted by molar-refractivity contribution is 5.83. The summed E-state index contributed by atoms with van der Waals surface area (Å²) in [6, 6.07) is 8.31. The summed E-state index contributed by atoms with van der Waals surface area (Å²) in [5.41, 5.74) is 7.13. The summed E-state index contributed by atoms with van der Waals surface area (Å²) in [4.78, 5) is 14.9. The Balaban J connectivity index is 1.69.